The Morgan fingerprint density at radius 3 is 2.42 bits per heavy atom. The molecule has 1 saturated carbocycles. The van der Waals surface area contributed by atoms with Gasteiger partial charge in [0.25, 0.3) is 0 Å². The van der Waals surface area contributed by atoms with Gasteiger partial charge < -0.3 is 5.73 Å². The molecule has 0 radical (unpaired) electrons. The zero-order chi connectivity index (χ0) is 8.97. The Balaban J connectivity index is 2.32. The van der Waals surface area contributed by atoms with Crippen molar-refractivity contribution in [3.05, 3.63) is 0 Å². The first-order chi connectivity index (χ1) is 5.74. The van der Waals surface area contributed by atoms with Gasteiger partial charge in [0.15, 0.2) is 0 Å². The highest BCUT2D eigenvalue weighted by Gasteiger charge is 2.21. The molecule has 0 aromatic rings. The third kappa shape index (κ3) is 2.76. The van der Waals surface area contributed by atoms with E-state index in [1.54, 1.807) is 0 Å². The topological polar surface area (TPSA) is 29.3 Å². The average molecular weight is 170 g/mol. The van der Waals surface area contributed by atoms with Crippen molar-refractivity contribution in [2.75, 3.05) is 13.1 Å². The molecule has 1 aliphatic rings. The molecule has 0 heterocycles. The van der Waals surface area contributed by atoms with Crippen molar-refractivity contribution in [1.82, 2.24) is 4.90 Å². The normalized spacial score (nSPS) is 22.0. The van der Waals surface area contributed by atoms with Gasteiger partial charge in [0.05, 0.1) is 0 Å². The summed E-state index contributed by atoms with van der Waals surface area (Å²) in [5, 5.41) is 0. The van der Waals surface area contributed by atoms with Gasteiger partial charge in [-0.15, -0.1) is 0 Å². The van der Waals surface area contributed by atoms with E-state index >= 15 is 0 Å². The second-order valence-corrected chi connectivity index (χ2v) is 4.00. The van der Waals surface area contributed by atoms with Crippen molar-refractivity contribution in [2.45, 2.75) is 51.6 Å². The molecule has 0 aromatic carbocycles. The second-order valence-electron chi connectivity index (χ2n) is 4.00. The van der Waals surface area contributed by atoms with E-state index in [0.29, 0.717) is 6.04 Å². The van der Waals surface area contributed by atoms with E-state index in [4.69, 9.17) is 5.73 Å². The summed E-state index contributed by atoms with van der Waals surface area (Å²) in [6.07, 6.45) is 5.61. The SMILES string of the molecule is CCN(CC(C)N)C1CCCC1. The van der Waals surface area contributed by atoms with E-state index in [1.165, 1.54) is 25.7 Å². The molecular weight excluding hydrogens is 148 g/mol. The predicted molar refractivity (Wildman–Crippen MR) is 53.2 cm³/mol. The van der Waals surface area contributed by atoms with Gasteiger partial charge in [0, 0.05) is 18.6 Å². The third-order valence-electron chi connectivity index (χ3n) is 2.77. The summed E-state index contributed by atoms with van der Waals surface area (Å²) in [6, 6.07) is 1.16. The average Bonchev–Trinajstić information content (AvgIpc) is 2.51. The van der Waals surface area contributed by atoms with Crippen molar-refractivity contribution >= 4 is 0 Å². The van der Waals surface area contributed by atoms with Gasteiger partial charge >= 0.3 is 0 Å². The number of nitrogens with zero attached hydrogens (tertiary/aromatic N) is 1. The molecular formula is C10H22N2. The monoisotopic (exact) mass is 170 g/mol. The van der Waals surface area contributed by atoms with Crippen molar-refractivity contribution in [2.24, 2.45) is 5.73 Å². The Kier molecular flexibility index (Phi) is 4.02. The second kappa shape index (κ2) is 4.83. The van der Waals surface area contributed by atoms with E-state index < -0.39 is 0 Å². The summed E-state index contributed by atoms with van der Waals surface area (Å²) in [7, 11) is 0. The minimum absolute atomic E-state index is 0.325. The molecule has 1 rings (SSSR count). The van der Waals surface area contributed by atoms with Crippen LogP contribution in [0.1, 0.15) is 39.5 Å². The molecule has 0 amide bonds. The highest BCUT2D eigenvalue weighted by atomic mass is 15.2. The lowest BCUT2D eigenvalue weighted by Crippen LogP contribution is -2.41. The lowest BCUT2D eigenvalue weighted by atomic mass is 10.2. The first-order valence-electron chi connectivity index (χ1n) is 5.23. The summed E-state index contributed by atoms with van der Waals surface area (Å²) in [4.78, 5) is 2.54. The van der Waals surface area contributed by atoms with E-state index in [9.17, 15) is 0 Å². The predicted octanol–water partition coefficient (Wildman–Crippen LogP) is 1.60. The smallest absolute Gasteiger partial charge is 0.0139 e. The highest BCUT2D eigenvalue weighted by Crippen LogP contribution is 2.23. The molecule has 1 fully saturated rings. The van der Waals surface area contributed by atoms with Crippen molar-refractivity contribution in [1.29, 1.82) is 0 Å². The van der Waals surface area contributed by atoms with Crippen LogP contribution in [0.15, 0.2) is 0 Å². The van der Waals surface area contributed by atoms with Crippen LogP contribution < -0.4 is 5.73 Å². The van der Waals surface area contributed by atoms with Crippen LogP contribution in [0.25, 0.3) is 0 Å². The molecule has 12 heavy (non-hydrogen) atoms. The maximum Gasteiger partial charge on any atom is 0.0139 e. The molecule has 0 bridgehead atoms. The number of rotatable bonds is 4. The van der Waals surface area contributed by atoms with Gasteiger partial charge in [-0.25, -0.2) is 0 Å². The van der Waals surface area contributed by atoms with Crippen LogP contribution in [0.3, 0.4) is 0 Å². The first-order valence-corrected chi connectivity index (χ1v) is 5.23. The fourth-order valence-corrected chi connectivity index (χ4v) is 2.18. The number of hydrogen-bond acceptors (Lipinski definition) is 2. The lowest BCUT2D eigenvalue weighted by molar-refractivity contribution is 0.200. The van der Waals surface area contributed by atoms with Crippen molar-refractivity contribution < 1.29 is 0 Å². The number of nitrogens with two attached hydrogens (primary N) is 1. The first kappa shape index (κ1) is 10.0. The Labute approximate surface area is 76.1 Å². The summed E-state index contributed by atoms with van der Waals surface area (Å²) < 4.78 is 0. The summed E-state index contributed by atoms with van der Waals surface area (Å²) in [5.41, 5.74) is 5.79. The van der Waals surface area contributed by atoms with E-state index in [0.717, 1.165) is 19.1 Å². The fourth-order valence-electron chi connectivity index (χ4n) is 2.18. The molecule has 2 heteroatoms. The summed E-state index contributed by atoms with van der Waals surface area (Å²) in [5.74, 6) is 0. The van der Waals surface area contributed by atoms with E-state index in [2.05, 4.69) is 18.7 Å². The largest absolute Gasteiger partial charge is 0.327 e. The van der Waals surface area contributed by atoms with Gasteiger partial charge in [0.2, 0.25) is 0 Å². The molecule has 2 nitrogen and oxygen atoms in total. The standard InChI is InChI=1S/C10H22N2/c1-3-12(8-9(2)11)10-6-4-5-7-10/h9-10H,3-8,11H2,1-2H3. The van der Waals surface area contributed by atoms with Gasteiger partial charge in [0.1, 0.15) is 0 Å². The van der Waals surface area contributed by atoms with Crippen LogP contribution in [0.5, 0.6) is 0 Å². The van der Waals surface area contributed by atoms with Crippen LogP contribution in [-0.4, -0.2) is 30.1 Å². The maximum atomic E-state index is 5.79. The van der Waals surface area contributed by atoms with Gasteiger partial charge in [-0.2, -0.15) is 0 Å². The fraction of sp³-hybridized carbons (Fsp3) is 1.00. The summed E-state index contributed by atoms with van der Waals surface area (Å²) >= 11 is 0. The van der Waals surface area contributed by atoms with Crippen molar-refractivity contribution in [3.63, 3.8) is 0 Å². The zero-order valence-corrected chi connectivity index (χ0v) is 8.42. The van der Waals surface area contributed by atoms with E-state index in [1.807, 2.05) is 0 Å². The Bertz CT molecular complexity index is 117. The molecule has 1 unspecified atom stereocenters. The maximum absolute atomic E-state index is 5.79. The number of hydrogen-bond donors (Lipinski definition) is 1. The van der Waals surface area contributed by atoms with Crippen LogP contribution in [-0.2, 0) is 0 Å². The van der Waals surface area contributed by atoms with Gasteiger partial charge in [-0.3, -0.25) is 4.90 Å². The lowest BCUT2D eigenvalue weighted by Gasteiger charge is -2.28. The number of likely N-dealkylation sites (N-methyl/N-ethyl adjacent to an activating group) is 1. The zero-order valence-electron chi connectivity index (χ0n) is 8.42. The molecule has 72 valence electrons. The molecule has 0 aliphatic heterocycles. The molecule has 2 N–H and O–H groups in total. The van der Waals surface area contributed by atoms with Gasteiger partial charge in [-0.1, -0.05) is 19.8 Å². The van der Waals surface area contributed by atoms with Crippen LogP contribution in [0.4, 0.5) is 0 Å². The Morgan fingerprint density at radius 1 is 1.42 bits per heavy atom. The quantitative estimate of drug-likeness (QED) is 0.694. The Morgan fingerprint density at radius 2 is 2.00 bits per heavy atom. The minimum atomic E-state index is 0.325. The molecule has 0 spiro atoms. The minimum Gasteiger partial charge on any atom is -0.327 e. The van der Waals surface area contributed by atoms with Crippen LogP contribution in [0.2, 0.25) is 0 Å². The summed E-state index contributed by atoms with van der Waals surface area (Å²) in [6.45, 7) is 6.56. The van der Waals surface area contributed by atoms with E-state index in [-0.39, 0.29) is 0 Å². The van der Waals surface area contributed by atoms with Gasteiger partial charge in [-0.05, 0) is 26.3 Å². The van der Waals surface area contributed by atoms with Crippen LogP contribution >= 0.6 is 0 Å². The Hall–Kier alpha value is -0.0800. The molecule has 1 aliphatic carbocycles. The molecule has 0 aromatic heterocycles. The van der Waals surface area contributed by atoms with Crippen LogP contribution in [0, 0.1) is 0 Å². The van der Waals surface area contributed by atoms with Crippen molar-refractivity contribution in [3.8, 4) is 0 Å². The third-order valence-corrected chi connectivity index (χ3v) is 2.77. The molecule has 1 atom stereocenters. The molecule has 0 saturated heterocycles. The highest BCUT2D eigenvalue weighted by molar-refractivity contribution is 4.78.